The molecule has 1 atom stereocenters. The molecule has 0 bridgehead atoms. The first-order chi connectivity index (χ1) is 9.61. The molecule has 1 aliphatic rings. The second-order valence-electron chi connectivity index (χ2n) is 4.54. The van der Waals surface area contributed by atoms with Crippen LogP contribution in [0.1, 0.15) is 19.8 Å². The van der Waals surface area contributed by atoms with E-state index >= 15 is 0 Å². The van der Waals surface area contributed by atoms with Crippen molar-refractivity contribution in [3.8, 4) is 0 Å². The van der Waals surface area contributed by atoms with Crippen LogP contribution in [-0.4, -0.2) is 36.1 Å². The van der Waals surface area contributed by atoms with Crippen LogP contribution in [0, 0.1) is 0 Å². The summed E-state index contributed by atoms with van der Waals surface area (Å²) in [7, 11) is 0. The Morgan fingerprint density at radius 3 is 2.75 bits per heavy atom. The largest absolute Gasteiger partial charge is 0.464 e. The number of esters is 1. The van der Waals surface area contributed by atoms with Gasteiger partial charge < -0.3 is 15.0 Å². The highest BCUT2D eigenvalue weighted by molar-refractivity contribution is 6.30. The maximum absolute atomic E-state index is 12.2. The lowest BCUT2D eigenvalue weighted by Crippen LogP contribution is -2.43. The van der Waals surface area contributed by atoms with E-state index in [1.54, 1.807) is 31.2 Å². The number of carbonyl (C=O) groups excluding carboxylic acids is 2. The van der Waals surface area contributed by atoms with Crippen LogP contribution in [-0.2, 0) is 9.53 Å². The summed E-state index contributed by atoms with van der Waals surface area (Å²) in [4.78, 5) is 25.5. The van der Waals surface area contributed by atoms with E-state index in [0.717, 1.165) is 6.42 Å². The number of urea groups is 1. The molecule has 2 rings (SSSR count). The maximum Gasteiger partial charge on any atom is 0.328 e. The lowest BCUT2D eigenvalue weighted by atomic mass is 10.2. The topological polar surface area (TPSA) is 58.6 Å². The molecular formula is C14H17ClN2O3. The zero-order valence-corrected chi connectivity index (χ0v) is 12.0. The van der Waals surface area contributed by atoms with Gasteiger partial charge in [-0.3, -0.25) is 0 Å². The van der Waals surface area contributed by atoms with Gasteiger partial charge in [-0.2, -0.15) is 0 Å². The normalized spacial score (nSPS) is 17.9. The van der Waals surface area contributed by atoms with Crippen molar-refractivity contribution in [3.05, 3.63) is 29.3 Å². The molecule has 0 radical (unpaired) electrons. The molecule has 1 fully saturated rings. The lowest BCUT2D eigenvalue weighted by molar-refractivity contribution is -0.147. The first kappa shape index (κ1) is 14.7. The molecule has 1 aliphatic heterocycles. The smallest absolute Gasteiger partial charge is 0.328 e. The molecule has 1 aromatic carbocycles. The van der Waals surface area contributed by atoms with E-state index in [0.29, 0.717) is 30.3 Å². The number of nitrogens with one attached hydrogen (secondary N) is 1. The molecule has 1 aromatic rings. The Hall–Kier alpha value is -1.75. The number of amides is 2. The zero-order valence-electron chi connectivity index (χ0n) is 11.3. The maximum atomic E-state index is 12.2. The number of hydrogen-bond donors (Lipinski definition) is 1. The number of rotatable bonds is 3. The van der Waals surface area contributed by atoms with Gasteiger partial charge in [0.15, 0.2) is 0 Å². The number of hydrogen-bond acceptors (Lipinski definition) is 3. The van der Waals surface area contributed by atoms with Gasteiger partial charge in [-0.05, 0) is 44.0 Å². The predicted molar refractivity (Wildman–Crippen MR) is 76.8 cm³/mol. The quantitative estimate of drug-likeness (QED) is 0.873. The number of carbonyl (C=O) groups is 2. The first-order valence-corrected chi connectivity index (χ1v) is 6.99. The van der Waals surface area contributed by atoms with Crippen LogP contribution in [0.5, 0.6) is 0 Å². The highest BCUT2D eigenvalue weighted by atomic mass is 35.5. The highest BCUT2D eigenvalue weighted by Gasteiger charge is 2.35. The zero-order chi connectivity index (χ0) is 14.5. The van der Waals surface area contributed by atoms with E-state index in [2.05, 4.69) is 5.32 Å². The van der Waals surface area contributed by atoms with Crippen molar-refractivity contribution in [2.24, 2.45) is 0 Å². The van der Waals surface area contributed by atoms with Gasteiger partial charge in [-0.25, -0.2) is 9.59 Å². The summed E-state index contributed by atoms with van der Waals surface area (Å²) in [5.74, 6) is -0.337. The molecule has 0 aliphatic carbocycles. The molecule has 1 N–H and O–H groups in total. The number of halogens is 1. The van der Waals surface area contributed by atoms with Crippen LogP contribution >= 0.6 is 11.6 Å². The Kier molecular flexibility index (Phi) is 4.84. The van der Waals surface area contributed by atoms with Crippen molar-refractivity contribution in [1.29, 1.82) is 0 Å². The average molecular weight is 297 g/mol. The SMILES string of the molecule is CCOC(=O)[C@@H]1CCCN1C(=O)Nc1ccc(Cl)cc1. The molecular weight excluding hydrogens is 280 g/mol. The minimum absolute atomic E-state index is 0.289. The second-order valence-corrected chi connectivity index (χ2v) is 4.98. The van der Waals surface area contributed by atoms with Gasteiger partial charge >= 0.3 is 12.0 Å². The van der Waals surface area contributed by atoms with Crippen molar-refractivity contribution >= 4 is 29.3 Å². The Balaban J connectivity index is 2.00. The summed E-state index contributed by atoms with van der Waals surface area (Å²) in [6, 6.07) is 6.06. The summed E-state index contributed by atoms with van der Waals surface area (Å²) in [6.45, 7) is 2.63. The second kappa shape index (κ2) is 6.61. The Bertz CT molecular complexity index is 490. The molecule has 20 heavy (non-hydrogen) atoms. The van der Waals surface area contributed by atoms with Crippen molar-refractivity contribution < 1.29 is 14.3 Å². The predicted octanol–water partition coefficient (Wildman–Crippen LogP) is 2.90. The van der Waals surface area contributed by atoms with E-state index in [4.69, 9.17) is 16.3 Å². The Morgan fingerprint density at radius 2 is 2.10 bits per heavy atom. The van der Waals surface area contributed by atoms with Crippen LogP contribution < -0.4 is 5.32 Å². The van der Waals surface area contributed by atoms with Crippen molar-refractivity contribution in [2.75, 3.05) is 18.5 Å². The third-order valence-electron chi connectivity index (χ3n) is 3.17. The summed E-state index contributed by atoms with van der Waals surface area (Å²) < 4.78 is 4.99. The molecule has 0 saturated carbocycles. The molecule has 0 unspecified atom stereocenters. The number of benzene rings is 1. The number of likely N-dealkylation sites (tertiary alicyclic amines) is 1. The summed E-state index contributed by atoms with van der Waals surface area (Å²) >= 11 is 5.79. The molecule has 2 amide bonds. The Morgan fingerprint density at radius 1 is 1.40 bits per heavy atom. The van der Waals surface area contributed by atoms with Crippen molar-refractivity contribution in [3.63, 3.8) is 0 Å². The number of anilines is 1. The summed E-state index contributed by atoms with van der Waals surface area (Å²) in [5, 5.41) is 3.36. The van der Waals surface area contributed by atoms with E-state index in [9.17, 15) is 9.59 Å². The molecule has 5 nitrogen and oxygen atoms in total. The van der Waals surface area contributed by atoms with E-state index in [1.165, 1.54) is 4.90 Å². The van der Waals surface area contributed by atoms with E-state index < -0.39 is 6.04 Å². The fraction of sp³-hybridized carbons (Fsp3) is 0.429. The number of nitrogens with zero attached hydrogens (tertiary/aromatic N) is 1. The van der Waals surface area contributed by atoms with Gasteiger partial charge in [0.05, 0.1) is 6.61 Å². The van der Waals surface area contributed by atoms with Gasteiger partial charge in [-0.15, -0.1) is 0 Å². The molecule has 108 valence electrons. The van der Waals surface area contributed by atoms with Gasteiger partial charge in [0.25, 0.3) is 0 Å². The van der Waals surface area contributed by atoms with E-state index in [1.807, 2.05) is 0 Å². The third-order valence-corrected chi connectivity index (χ3v) is 3.42. The summed E-state index contributed by atoms with van der Waals surface area (Å²) in [6.07, 6.45) is 1.45. The van der Waals surface area contributed by atoms with Crippen LogP contribution in [0.3, 0.4) is 0 Å². The van der Waals surface area contributed by atoms with Crippen LogP contribution in [0.4, 0.5) is 10.5 Å². The van der Waals surface area contributed by atoms with Crippen LogP contribution in [0.15, 0.2) is 24.3 Å². The lowest BCUT2D eigenvalue weighted by Gasteiger charge is -2.23. The van der Waals surface area contributed by atoms with Crippen LogP contribution in [0.2, 0.25) is 5.02 Å². The fourth-order valence-corrected chi connectivity index (χ4v) is 2.35. The standard InChI is InChI=1S/C14H17ClN2O3/c1-2-20-13(18)12-4-3-9-17(12)14(19)16-11-7-5-10(15)6-8-11/h5-8,12H,2-4,9H2,1H3,(H,16,19)/t12-/m0/s1. The number of ether oxygens (including phenoxy) is 1. The van der Waals surface area contributed by atoms with Crippen molar-refractivity contribution in [1.82, 2.24) is 4.90 Å². The van der Waals surface area contributed by atoms with Crippen LogP contribution in [0.25, 0.3) is 0 Å². The Labute approximate surface area is 122 Å². The fourth-order valence-electron chi connectivity index (χ4n) is 2.22. The third kappa shape index (κ3) is 3.42. The van der Waals surface area contributed by atoms with Gasteiger partial charge in [0, 0.05) is 17.3 Å². The molecule has 0 spiro atoms. The van der Waals surface area contributed by atoms with Gasteiger partial charge in [-0.1, -0.05) is 11.6 Å². The molecule has 6 heteroatoms. The highest BCUT2D eigenvalue weighted by Crippen LogP contribution is 2.20. The van der Waals surface area contributed by atoms with Crippen molar-refractivity contribution in [2.45, 2.75) is 25.8 Å². The molecule has 0 aromatic heterocycles. The minimum atomic E-state index is -0.484. The molecule has 1 heterocycles. The van der Waals surface area contributed by atoms with E-state index in [-0.39, 0.29) is 12.0 Å². The average Bonchev–Trinajstić information content (AvgIpc) is 2.91. The molecule has 1 saturated heterocycles. The first-order valence-electron chi connectivity index (χ1n) is 6.61. The monoisotopic (exact) mass is 296 g/mol. The summed E-state index contributed by atoms with van der Waals surface area (Å²) in [5.41, 5.74) is 0.647. The van der Waals surface area contributed by atoms with Gasteiger partial charge in [0.2, 0.25) is 0 Å². The minimum Gasteiger partial charge on any atom is -0.464 e. The van der Waals surface area contributed by atoms with Gasteiger partial charge in [0.1, 0.15) is 6.04 Å².